The Morgan fingerprint density at radius 1 is 1.37 bits per heavy atom. The fraction of sp³-hybridized carbons (Fsp3) is 0.733. The molecule has 1 fully saturated rings. The van der Waals surface area contributed by atoms with Gasteiger partial charge in [-0.1, -0.05) is 13.8 Å². The molecule has 2 atom stereocenters. The van der Waals surface area contributed by atoms with Gasteiger partial charge in [-0.2, -0.15) is 0 Å². The van der Waals surface area contributed by atoms with Crippen LogP contribution in [-0.4, -0.2) is 29.6 Å². The SMILES string of the molecule is CCCc1nc(NC)cc(N2CCCC(C)C2C)n1. The van der Waals surface area contributed by atoms with Crippen molar-refractivity contribution >= 4 is 11.6 Å². The lowest BCUT2D eigenvalue weighted by molar-refractivity contribution is 0.361. The van der Waals surface area contributed by atoms with Crippen molar-refractivity contribution in [1.82, 2.24) is 9.97 Å². The molecule has 2 rings (SSSR count). The lowest BCUT2D eigenvalue weighted by Crippen LogP contribution is -2.43. The Morgan fingerprint density at radius 2 is 2.16 bits per heavy atom. The number of piperidine rings is 1. The van der Waals surface area contributed by atoms with Gasteiger partial charge in [0.25, 0.3) is 0 Å². The van der Waals surface area contributed by atoms with Crippen LogP contribution in [0.5, 0.6) is 0 Å². The molecular formula is C15H26N4. The second-order valence-electron chi connectivity index (χ2n) is 5.58. The third kappa shape index (κ3) is 3.17. The average Bonchev–Trinajstić information content (AvgIpc) is 2.42. The number of hydrogen-bond acceptors (Lipinski definition) is 4. The molecule has 4 nitrogen and oxygen atoms in total. The van der Waals surface area contributed by atoms with Gasteiger partial charge in [0.05, 0.1) is 0 Å². The smallest absolute Gasteiger partial charge is 0.134 e. The zero-order valence-corrected chi connectivity index (χ0v) is 12.6. The number of nitrogens with zero attached hydrogens (tertiary/aromatic N) is 3. The summed E-state index contributed by atoms with van der Waals surface area (Å²) < 4.78 is 0. The lowest BCUT2D eigenvalue weighted by Gasteiger charge is -2.39. The summed E-state index contributed by atoms with van der Waals surface area (Å²) >= 11 is 0. The van der Waals surface area contributed by atoms with Gasteiger partial charge in [0, 0.05) is 32.1 Å². The van der Waals surface area contributed by atoms with Gasteiger partial charge in [0.2, 0.25) is 0 Å². The zero-order valence-electron chi connectivity index (χ0n) is 12.6. The number of aryl methyl sites for hydroxylation is 1. The Labute approximate surface area is 116 Å². The summed E-state index contributed by atoms with van der Waals surface area (Å²) in [6, 6.07) is 2.64. The van der Waals surface area contributed by atoms with Gasteiger partial charge < -0.3 is 10.2 Å². The zero-order chi connectivity index (χ0) is 13.8. The van der Waals surface area contributed by atoms with Crippen LogP contribution in [-0.2, 0) is 6.42 Å². The first-order valence-corrected chi connectivity index (χ1v) is 7.48. The second-order valence-corrected chi connectivity index (χ2v) is 5.58. The topological polar surface area (TPSA) is 41.1 Å². The van der Waals surface area contributed by atoms with Crippen LogP contribution in [0.2, 0.25) is 0 Å². The first kappa shape index (κ1) is 14.1. The van der Waals surface area contributed by atoms with Crippen molar-refractivity contribution in [2.24, 2.45) is 5.92 Å². The van der Waals surface area contributed by atoms with Gasteiger partial charge in [0.1, 0.15) is 17.5 Å². The highest BCUT2D eigenvalue weighted by atomic mass is 15.2. The minimum atomic E-state index is 0.558. The van der Waals surface area contributed by atoms with Crippen LogP contribution < -0.4 is 10.2 Å². The Morgan fingerprint density at radius 3 is 2.84 bits per heavy atom. The summed E-state index contributed by atoms with van der Waals surface area (Å²) in [6.07, 6.45) is 4.61. The van der Waals surface area contributed by atoms with Gasteiger partial charge in [-0.25, -0.2) is 9.97 Å². The molecule has 0 amide bonds. The predicted octanol–water partition coefficient (Wildman–Crippen LogP) is 3.10. The van der Waals surface area contributed by atoms with E-state index in [1.165, 1.54) is 12.8 Å². The second kappa shape index (κ2) is 6.22. The number of anilines is 2. The average molecular weight is 262 g/mol. The van der Waals surface area contributed by atoms with Crippen LogP contribution in [0.4, 0.5) is 11.6 Å². The van der Waals surface area contributed by atoms with Crippen LogP contribution in [0, 0.1) is 5.92 Å². The fourth-order valence-corrected chi connectivity index (χ4v) is 2.75. The van der Waals surface area contributed by atoms with Crippen molar-refractivity contribution in [3.63, 3.8) is 0 Å². The lowest BCUT2D eigenvalue weighted by atomic mass is 9.92. The van der Waals surface area contributed by atoms with Crippen molar-refractivity contribution < 1.29 is 0 Å². The van der Waals surface area contributed by atoms with E-state index in [1.807, 2.05) is 7.05 Å². The van der Waals surface area contributed by atoms with Crippen LogP contribution in [0.1, 0.15) is 45.9 Å². The van der Waals surface area contributed by atoms with Crippen molar-refractivity contribution in [3.05, 3.63) is 11.9 Å². The quantitative estimate of drug-likeness (QED) is 0.905. The molecule has 1 aromatic rings. The summed E-state index contributed by atoms with van der Waals surface area (Å²) in [5, 5.41) is 3.15. The van der Waals surface area contributed by atoms with Gasteiger partial charge in [0.15, 0.2) is 0 Å². The molecule has 0 bridgehead atoms. The van der Waals surface area contributed by atoms with Crippen LogP contribution >= 0.6 is 0 Å². The molecule has 0 radical (unpaired) electrons. The largest absolute Gasteiger partial charge is 0.373 e. The highest BCUT2D eigenvalue weighted by molar-refractivity contribution is 5.50. The summed E-state index contributed by atoms with van der Waals surface area (Å²) in [6.45, 7) is 7.92. The highest BCUT2D eigenvalue weighted by Crippen LogP contribution is 2.28. The van der Waals surface area contributed by atoms with E-state index in [1.54, 1.807) is 0 Å². The van der Waals surface area contributed by atoms with Crippen molar-refractivity contribution in [2.45, 2.75) is 52.5 Å². The molecule has 0 spiro atoms. The minimum absolute atomic E-state index is 0.558. The van der Waals surface area contributed by atoms with E-state index < -0.39 is 0 Å². The number of nitrogens with one attached hydrogen (secondary N) is 1. The van der Waals surface area contributed by atoms with E-state index in [0.717, 1.165) is 42.8 Å². The Balaban J connectivity index is 2.29. The van der Waals surface area contributed by atoms with E-state index in [0.29, 0.717) is 6.04 Å². The van der Waals surface area contributed by atoms with Gasteiger partial charge in [-0.15, -0.1) is 0 Å². The Bertz CT molecular complexity index is 419. The Kier molecular flexibility index (Phi) is 4.61. The molecule has 1 saturated heterocycles. The summed E-state index contributed by atoms with van der Waals surface area (Å²) in [7, 11) is 1.92. The number of aromatic nitrogens is 2. The molecule has 0 aromatic carbocycles. The molecule has 0 saturated carbocycles. The van der Waals surface area contributed by atoms with Crippen molar-refractivity contribution in [2.75, 3.05) is 23.8 Å². The first-order chi connectivity index (χ1) is 9.15. The number of hydrogen-bond donors (Lipinski definition) is 1. The predicted molar refractivity (Wildman–Crippen MR) is 80.8 cm³/mol. The van der Waals surface area contributed by atoms with Crippen molar-refractivity contribution in [3.8, 4) is 0 Å². The van der Waals surface area contributed by atoms with E-state index >= 15 is 0 Å². The molecule has 2 heterocycles. The monoisotopic (exact) mass is 262 g/mol. The van der Waals surface area contributed by atoms with Crippen molar-refractivity contribution in [1.29, 1.82) is 0 Å². The Hall–Kier alpha value is -1.32. The normalized spacial score (nSPS) is 23.5. The van der Waals surface area contributed by atoms with Crippen LogP contribution in [0.15, 0.2) is 6.07 Å². The fourth-order valence-electron chi connectivity index (χ4n) is 2.75. The van der Waals surface area contributed by atoms with Gasteiger partial charge in [-0.05, 0) is 32.1 Å². The third-order valence-corrected chi connectivity index (χ3v) is 4.16. The van der Waals surface area contributed by atoms with Crippen LogP contribution in [0.25, 0.3) is 0 Å². The van der Waals surface area contributed by atoms with E-state index in [4.69, 9.17) is 4.98 Å². The summed E-state index contributed by atoms with van der Waals surface area (Å²) in [4.78, 5) is 11.7. The van der Waals surface area contributed by atoms with E-state index in [-0.39, 0.29) is 0 Å². The molecule has 1 aliphatic rings. The molecular weight excluding hydrogens is 236 g/mol. The maximum atomic E-state index is 4.75. The van der Waals surface area contributed by atoms with E-state index in [9.17, 15) is 0 Å². The molecule has 1 aromatic heterocycles. The van der Waals surface area contributed by atoms with Gasteiger partial charge >= 0.3 is 0 Å². The summed E-state index contributed by atoms with van der Waals surface area (Å²) in [5.74, 6) is 3.70. The molecule has 1 N–H and O–H groups in total. The van der Waals surface area contributed by atoms with Gasteiger partial charge in [-0.3, -0.25) is 0 Å². The number of rotatable bonds is 4. The highest BCUT2D eigenvalue weighted by Gasteiger charge is 2.26. The van der Waals surface area contributed by atoms with E-state index in [2.05, 4.69) is 42.0 Å². The molecule has 1 aliphatic heterocycles. The molecule has 0 aliphatic carbocycles. The maximum absolute atomic E-state index is 4.75. The summed E-state index contributed by atoms with van der Waals surface area (Å²) in [5.41, 5.74) is 0. The molecule has 19 heavy (non-hydrogen) atoms. The molecule has 2 unspecified atom stereocenters. The molecule has 106 valence electrons. The third-order valence-electron chi connectivity index (χ3n) is 4.16. The molecule has 4 heteroatoms. The first-order valence-electron chi connectivity index (χ1n) is 7.48. The minimum Gasteiger partial charge on any atom is -0.373 e. The standard InChI is InChI=1S/C15H26N4/c1-5-7-13-17-14(16-4)10-15(18-13)19-9-6-8-11(2)12(19)3/h10-12H,5-9H2,1-4H3,(H,16,17,18). The van der Waals surface area contributed by atoms with Crippen LogP contribution in [0.3, 0.4) is 0 Å². The maximum Gasteiger partial charge on any atom is 0.134 e.